The molecule has 1 unspecified atom stereocenters. The lowest BCUT2D eigenvalue weighted by molar-refractivity contribution is 0.575. The van der Waals surface area contributed by atoms with Gasteiger partial charge < -0.3 is 10.3 Å². The molecule has 0 spiro atoms. The summed E-state index contributed by atoms with van der Waals surface area (Å²) in [5.74, 6) is 0. The molecule has 0 aliphatic carbocycles. The molecule has 2 N–H and O–H groups in total. The number of H-pyrrole nitrogens is 1. The van der Waals surface area contributed by atoms with Crippen LogP contribution in [0.5, 0.6) is 0 Å². The fourth-order valence-electron chi connectivity index (χ4n) is 3.10. The summed E-state index contributed by atoms with van der Waals surface area (Å²) in [6.45, 7) is 1.09. The third kappa shape index (κ3) is 1.74. The number of hydrogen-bond acceptors (Lipinski definition) is 3. The van der Waals surface area contributed by atoms with E-state index in [1.54, 1.807) is 6.33 Å². The van der Waals surface area contributed by atoms with E-state index >= 15 is 0 Å². The van der Waals surface area contributed by atoms with Crippen molar-refractivity contribution in [3.05, 3.63) is 36.4 Å². The lowest BCUT2D eigenvalue weighted by Gasteiger charge is -2.13. The Balaban J connectivity index is 1.84. The van der Waals surface area contributed by atoms with Gasteiger partial charge >= 0.3 is 0 Å². The third-order valence-corrected chi connectivity index (χ3v) is 4.11. The first-order valence-electron chi connectivity index (χ1n) is 7.02. The molecule has 1 aromatic carbocycles. The number of hydrogen-bond donors (Lipinski definition) is 2. The van der Waals surface area contributed by atoms with Gasteiger partial charge in [0.05, 0.1) is 29.3 Å². The van der Waals surface area contributed by atoms with Gasteiger partial charge in [-0.15, -0.1) is 0 Å². The Labute approximate surface area is 117 Å². The lowest BCUT2D eigenvalue weighted by Crippen LogP contribution is -2.17. The fraction of sp³-hybridized carbons (Fsp3) is 0.333. The van der Waals surface area contributed by atoms with Crippen molar-refractivity contribution in [1.29, 1.82) is 0 Å². The Kier molecular flexibility index (Phi) is 2.60. The second-order valence-electron chi connectivity index (χ2n) is 5.35. The molecule has 4 rings (SSSR count). The molecule has 3 heterocycles. The van der Waals surface area contributed by atoms with Crippen LogP contribution >= 0.6 is 0 Å². The molecule has 2 aromatic heterocycles. The molecule has 5 nitrogen and oxygen atoms in total. The maximum Gasteiger partial charge on any atom is 0.0931 e. The summed E-state index contributed by atoms with van der Waals surface area (Å²) in [5.41, 5.74) is 5.75. The smallest absolute Gasteiger partial charge is 0.0931 e. The number of imidazole rings is 1. The Morgan fingerprint density at radius 3 is 3.15 bits per heavy atom. The highest BCUT2D eigenvalue weighted by atomic mass is 15.3. The van der Waals surface area contributed by atoms with E-state index in [2.05, 4.69) is 38.6 Å². The molecule has 0 radical (unpaired) electrons. The van der Waals surface area contributed by atoms with E-state index in [9.17, 15) is 0 Å². The van der Waals surface area contributed by atoms with Gasteiger partial charge in [0.1, 0.15) is 0 Å². The van der Waals surface area contributed by atoms with Crippen molar-refractivity contribution in [2.75, 3.05) is 6.54 Å². The summed E-state index contributed by atoms with van der Waals surface area (Å²) in [6, 6.07) is 6.74. The van der Waals surface area contributed by atoms with Crippen molar-refractivity contribution in [3.8, 4) is 11.1 Å². The highest BCUT2D eigenvalue weighted by Crippen LogP contribution is 2.33. The zero-order valence-electron chi connectivity index (χ0n) is 11.4. The number of nitrogens with one attached hydrogen (secondary N) is 2. The van der Waals surface area contributed by atoms with Crippen molar-refractivity contribution < 1.29 is 0 Å². The van der Waals surface area contributed by atoms with Gasteiger partial charge in [-0.25, -0.2) is 4.98 Å². The Bertz CT molecular complexity index is 749. The predicted octanol–water partition coefficient (Wildman–Crippen LogP) is 2.39. The van der Waals surface area contributed by atoms with Crippen LogP contribution in [0, 0.1) is 0 Å². The molecular formula is C15H17N5. The Morgan fingerprint density at radius 2 is 2.30 bits per heavy atom. The first kappa shape index (κ1) is 11.7. The van der Waals surface area contributed by atoms with Crippen LogP contribution in [-0.4, -0.2) is 26.3 Å². The molecule has 1 saturated heterocycles. The normalized spacial score (nSPS) is 18.9. The summed E-state index contributed by atoms with van der Waals surface area (Å²) in [5, 5.41) is 8.02. The fourth-order valence-corrected chi connectivity index (χ4v) is 3.10. The molecule has 1 atom stereocenters. The largest absolute Gasteiger partial charge is 0.345 e. The molecule has 0 amide bonds. The van der Waals surface area contributed by atoms with E-state index in [-0.39, 0.29) is 0 Å². The van der Waals surface area contributed by atoms with Crippen LogP contribution in [0.25, 0.3) is 22.2 Å². The number of fused-ring (bicyclic) bond motifs is 1. The van der Waals surface area contributed by atoms with Crippen molar-refractivity contribution in [1.82, 2.24) is 25.1 Å². The van der Waals surface area contributed by atoms with Crippen LogP contribution in [-0.2, 0) is 7.05 Å². The third-order valence-electron chi connectivity index (χ3n) is 4.11. The average Bonchev–Trinajstić information content (AvgIpc) is 3.17. The minimum Gasteiger partial charge on any atom is -0.345 e. The highest BCUT2D eigenvalue weighted by Gasteiger charge is 2.23. The van der Waals surface area contributed by atoms with Gasteiger partial charge in [-0.3, -0.25) is 4.68 Å². The monoisotopic (exact) mass is 267 g/mol. The van der Waals surface area contributed by atoms with Crippen LogP contribution in [0.2, 0.25) is 0 Å². The van der Waals surface area contributed by atoms with Gasteiger partial charge in [0.15, 0.2) is 0 Å². The molecule has 5 heteroatoms. The van der Waals surface area contributed by atoms with E-state index in [0.29, 0.717) is 6.04 Å². The van der Waals surface area contributed by atoms with Crippen LogP contribution in [0.1, 0.15) is 24.6 Å². The number of aromatic amines is 1. The minimum absolute atomic E-state index is 0.412. The molecule has 0 saturated carbocycles. The van der Waals surface area contributed by atoms with Crippen molar-refractivity contribution in [3.63, 3.8) is 0 Å². The van der Waals surface area contributed by atoms with Gasteiger partial charge in [0.25, 0.3) is 0 Å². The van der Waals surface area contributed by atoms with E-state index < -0.39 is 0 Å². The number of aryl methyl sites for hydroxylation is 1. The standard InChI is InChI=1S/C15H17N5/c1-20-15(13-3-2-6-16-13)11(8-19-20)10-4-5-12-14(7-10)18-9-17-12/h4-5,7-9,13,16H,2-3,6H2,1H3,(H,17,18). The van der Waals surface area contributed by atoms with Gasteiger partial charge in [-0.05, 0) is 37.1 Å². The quantitative estimate of drug-likeness (QED) is 0.749. The summed E-state index contributed by atoms with van der Waals surface area (Å²) in [4.78, 5) is 7.44. The van der Waals surface area contributed by atoms with E-state index in [1.165, 1.54) is 29.7 Å². The molecular weight excluding hydrogens is 250 g/mol. The van der Waals surface area contributed by atoms with E-state index in [0.717, 1.165) is 17.6 Å². The highest BCUT2D eigenvalue weighted by molar-refractivity contribution is 5.82. The predicted molar refractivity (Wildman–Crippen MR) is 78.3 cm³/mol. The second-order valence-corrected chi connectivity index (χ2v) is 5.35. The van der Waals surface area contributed by atoms with E-state index in [1.807, 2.05) is 17.9 Å². The molecule has 1 aliphatic rings. The van der Waals surface area contributed by atoms with Crippen LogP contribution < -0.4 is 5.32 Å². The van der Waals surface area contributed by atoms with E-state index in [4.69, 9.17) is 0 Å². The zero-order valence-corrected chi connectivity index (χ0v) is 11.4. The SMILES string of the molecule is Cn1ncc(-c2ccc3nc[nH]c3c2)c1C1CCCN1. The summed E-state index contributed by atoms with van der Waals surface area (Å²) < 4.78 is 2.00. The van der Waals surface area contributed by atoms with Crippen molar-refractivity contribution in [2.24, 2.45) is 7.05 Å². The number of nitrogens with zero attached hydrogens (tertiary/aromatic N) is 3. The Morgan fingerprint density at radius 1 is 1.35 bits per heavy atom. The summed E-state index contributed by atoms with van der Waals surface area (Å²) in [7, 11) is 2.02. The maximum atomic E-state index is 4.46. The number of benzene rings is 1. The average molecular weight is 267 g/mol. The summed E-state index contributed by atoms with van der Waals surface area (Å²) in [6.07, 6.45) is 6.11. The second kappa shape index (κ2) is 4.45. The maximum absolute atomic E-state index is 4.46. The lowest BCUT2D eigenvalue weighted by atomic mass is 10.0. The topological polar surface area (TPSA) is 58.5 Å². The zero-order chi connectivity index (χ0) is 13.5. The first-order chi connectivity index (χ1) is 9.83. The van der Waals surface area contributed by atoms with Gasteiger partial charge in [-0.1, -0.05) is 6.07 Å². The van der Waals surface area contributed by atoms with Crippen molar-refractivity contribution in [2.45, 2.75) is 18.9 Å². The van der Waals surface area contributed by atoms with Crippen LogP contribution in [0.3, 0.4) is 0 Å². The van der Waals surface area contributed by atoms with Gasteiger partial charge in [0.2, 0.25) is 0 Å². The molecule has 102 valence electrons. The number of aromatic nitrogens is 4. The molecule has 20 heavy (non-hydrogen) atoms. The number of rotatable bonds is 2. The summed E-state index contributed by atoms with van der Waals surface area (Å²) >= 11 is 0. The molecule has 1 fully saturated rings. The minimum atomic E-state index is 0.412. The Hall–Kier alpha value is -2.14. The van der Waals surface area contributed by atoms with Gasteiger partial charge in [0, 0.05) is 18.7 Å². The van der Waals surface area contributed by atoms with Crippen LogP contribution in [0.15, 0.2) is 30.7 Å². The molecule has 3 aromatic rings. The van der Waals surface area contributed by atoms with Crippen molar-refractivity contribution >= 4 is 11.0 Å². The molecule has 1 aliphatic heterocycles. The van der Waals surface area contributed by atoms with Crippen LogP contribution in [0.4, 0.5) is 0 Å². The first-order valence-corrected chi connectivity index (χ1v) is 7.02. The molecule has 0 bridgehead atoms. The van der Waals surface area contributed by atoms with Gasteiger partial charge in [-0.2, -0.15) is 5.10 Å².